The zero-order valence-corrected chi connectivity index (χ0v) is 11.8. The molecular formula is C13H19N3O4. The van der Waals surface area contributed by atoms with Crippen LogP contribution in [0.25, 0.3) is 0 Å². The number of carboxylic acid groups (broad SMARTS) is 1. The normalized spacial score (nSPS) is 19.9. The predicted octanol–water partition coefficient (Wildman–Crippen LogP) is 0.633. The van der Waals surface area contributed by atoms with Crippen molar-refractivity contribution in [3.63, 3.8) is 0 Å². The average Bonchev–Trinajstić information content (AvgIpc) is 2.87. The lowest BCUT2D eigenvalue weighted by Crippen LogP contribution is -2.52. The van der Waals surface area contributed by atoms with Crippen LogP contribution in [0, 0.1) is 0 Å². The summed E-state index contributed by atoms with van der Waals surface area (Å²) in [4.78, 5) is 24.8. The minimum Gasteiger partial charge on any atom is -0.480 e. The predicted molar refractivity (Wildman–Crippen MR) is 70.6 cm³/mol. The van der Waals surface area contributed by atoms with E-state index in [0.717, 1.165) is 5.69 Å². The van der Waals surface area contributed by atoms with Gasteiger partial charge in [0, 0.05) is 17.7 Å². The van der Waals surface area contributed by atoms with Crippen LogP contribution in [0.1, 0.15) is 37.0 Å². The number of nitrogens with zero attached hydrogens (tertiary/aromatic N) is 2. The van der Waals surface area contributed by atoms with Crippen LogP contribution in [0.5, 0.6) is 0 Å². The third-order valence-electron chi connectivity index (χ3n) is 3.28. The summed E-state index contributed by atoms with van der Waals surface area (Å²) >= 11 is 0. The number of carbonyl (C=O) groups excluding carboxylic acids is 1. The highest BCUT2D eigenvalue weighted by Crippen LogP contribution is 2.21. The van der Waals surface area contributed by atoms with Gasteiger partial charge in [0.05, 0.1) is 13.2 Å². The number of aliphatic carboxylic acids is 1. The molecule has 1 aromatic rings. The number of carboxylic acids is 1. The molecule has 20 heavy (non-hydrogen) atoms. The van der Waals surface area contributed by atoms with E-state index in [2.05, 4.69) is 10.2 Å². The van der Waals surface area contributed by atoms with Crippen molar-refractivity contribution in [3.8, 4) is 0 Å². The Balaban J connectivity index is 2.21. The van der Waals surface area contributed by atoms with Gasteiger partial charge in [0.1, 0.15) is 5.69 Å². The second-order valence-electron chi connectivity index (χ2n) is 5.84. The summed E-state index contributed by atoms with van der Waals surface area (Å²) in [5.41, 5.74) is 0.923. The summed E-state index contributed by atoms with van der Waals surface area (Å²) in [7, 11) is 0. The number of morpholine rings is 1. The topological polar surface area (TPSA) is 95.5 Å². The molecule has 1 fully saturated rings. The number of aromatic amines is 1. The number of H-pyrrole nitrogens is 1. The fourth-order valence-electron chi connectivity index (χ4n) is 2.01. The Bertz CT molecular complexity index is 518. The number of nitrogens with one attached hydrogen (secondary N) is 1. The van der Waals surface area contributed by atoms with Gasteiger partial charge in [-0.3, -0.25) is 9.89 Å². The molecule has 1 aliphatic rings. The fraction of sp³-hybridized carbons (Fsp3) is 0.615. The van der Waals surface area contributed by atoms with Crippen molar-refractivity contribution in [2.75, 3.05) is 19.8 Å². The summed E-state index contributed by atoms with van der Waals surface area (Å²) < 4.78 is 5.12. The first-order chi connectivity index (χ1) is 9.30. The number of aromatic nitrogens is 2. The Morgan fingerprint density at radius 3 is 2.75 bits per heavy atom. The van der Waals surface area contributed by atoms with E-state index in [4.69, 9.17) is 9.84 Å². The number of carbonyl (C=O) groups is 2. The van der Waals surface area contributed by atoms with Gasteiger partial charge in [-0.25, -0.2) is 4.79 Å². The van der Waals surface area contributed by atoms with E-state index in [1.165, 1.54) is 4.90 Å². The number of ether oxygens (including phenoxy) is 1. The summed E-state index contributed by atoms with van der Waals surface area (Å²) in [5, 5.41) is 16.0. The highest BCUT2D eigenvalue weighted by molar-refractivity contribution is 5.95. The molecule has 0 aliphatic carbocycles. The Kier molecular flexibility index (Phi) is 3.80. The maximum atomic E-state index is 12.4. The van der Waals surface area contributed by atoms with Crippen molar-refractivity contribution in [1.82, 2.24) is 15.1 Å². The first-order valence-corrected chi connectivity index (χ1v) is 6.48. The quantitative estimate of drug-likeness (QED) is 0.829. The summed E-state index contributed by atoms with van der Waals surface area (Å²) in [6.07, 6.45) is 0. The van der Waals surface area contributed by atoms with Gasteiger partial charge in [-0.1, -0.05) is 20.8 Å². The molecule has 0 saturated carbocycles. The molecule has 0 aromatic carbocycles. The Morgan fingerprint density at radius 1 is 1.50 bits per heavy atom. The minimum absolute atomic E-state index is 0.0115. The van der Waals surface area contributed by atoms with E-state index in [-0.39, 0.29) is 30.2 Å². The SMILES string of the molecule is CC(C)(C)c1cc(C(=O)N2CCOCC2C(=O)O)n[nH]1. The molecule has 0 bridgehead atoms. The summed E-state index contributed by atoms with van der Waals surface area (Å²) in [5.74, 6) is -1.45. The van der Waals surface area contributed by atoms with Gasteiger partial charge in [0.2, 0.25) is 0 Å². The minimum atomic E-state index is -1.07. The molecule has 1 unspecified atom stereocenters. The molecule has 7 nitrogen and oxygen atoms in total. The van der Waals surface area contributed by atoms with E-state index < -0.39 is 12.0 Å². The molecular weight excluding hydrogens is 262 g/mol. The monoisotopic (exact) mass is 281 g/mol. The van der Waals surface area contributed by atoms with Gasteiger partial charge in [-0.15, -0.1) is 0 Å². The Labute approximate surface area is 116 Å². The molecule has 2 rings (SSSR count). The van der Waals surface area contributed by atoms with Crippen LogP contribution in [0.15, 0.2) is 6.07 Å². The van der Waals surface area contributed by atoms with E-state index in [1.807, 2.05) is 20.8 Å². The fourth-order valence-corrected chi connectivity index (χ4v) is 2.01. The summed E-state index contributed by atoms with van der Waals surface area (Å²) in [6.45, 7) is 6.62. The second-order valence-corrected chi connectivity index (χ2v) is 5.84. The highest BCUT2D eigenvalue weighted by Gasteiger charge is 2.34. The molecule has 1 amide bonds. The zero-order chi connectivity index (χ0) is 14.9. The third-order valence-corrected chi connectivity index (χ3v) is 3.28. The van der Waals surface area contributed by atoms with Gasteiger partial charge in [-0.2, -0.15) is 5.10 Å². The van der Waals surface area contributed by atoms with Crippen LogP contribution >= 0.6 is 0 Å². The molecule has 1 atom stereocenters. The molecule has 0 radical (unpaired) electrons. The van der Waals surface area contributed by atoms with E-state index in [9.17, 15) is 9.59 Å². The molecule has 1 saturated heterocycles. The maximum Gasteiger partial charge on any atom is 0.328 e. The highest BCUT2D eigenvalue weighted by atomic mass is 16.5. The maximum absolute atomic E-state index is 12.4. The van der Waals surface area contributed by atoms with Crippen molar-refractivity contribution in [2.24, 2.45) is 0 Å². The summed E-state index contributed by atoms with van der Waals surface area (Å²) in [6, 6.07) is 0.725. The average molecular weight is 281 g/mol. The number of rotatable bonds is 2. The van der Waals surface area contributed by atoms with Crippen LogP contribution in [0.3, 0.4) is 0 Å². The molecule has 110 valence electrons. The van der Waals surface area contributed by atoms with Crippen molar-refractivity contribution in [3.05, 3.63) is 17.5 Å². The lowest BCUT2D eigenvalue weighted by atomic mass is 9.92. The molecule has 2 N–H and O–H groups in total. The molecule has 7 heteroatoms. The largest absolute Gasteiger partial charge is 0.480 e. The van der Waals surface area contributed by atoms with Crippen LogP contribution < -0.4 is 0 Å². The van der Waals surface area contributed by atoms with Gasteiger partial charge in [0.25, 0.3) is 5.91 Å². The van der Waals surface area contributed by atoms with Crippen LogP contribution in [-0.4, -0.2) is 57.9 Å². The van der Waals surface area contributed by atoms with Crippen molar-refractivity contribution >= 4 is 11.9 Å². The molecule has 1 aromatic heterocycles. The number of amides is 1. The first kappa shape index (κ1) is 14.5. The molecule has 1 aliphatic heterocycles. The van der Waals surface area contributed by atoms with E-state index >= 15 is 0 Å². The van der Waals surface area contributed by atoms with Gasteiger partial charge in [-0.05, 0) is 6.07 Å². The van der Waals surface area contributed by atoms with E-state index in [1.54, 1.807) is 6.07 Å². The van der Waals surface area contributed by atoms with Crippen molar-refractivity contribution in [2.45, 2.75) is 32.2 Å². The van der Waals surface area contributed by atoms with Crippen LogP contribution in [0.2, 0.25) is 0 Å². The molecule has 0 spiro atoms. The van der Waals surface area contributed by atoms with E-state index in [0.29, 0.717) is 6.61 Å². The number of hydrogen-bond donors (Lipinski definition) is 2. The molecule has 2 heterocycles. The number of hydrogen-bond acceptors (Lipinski definition) is 4. The van der Waals surface area contributed by atoms with Crippen molar-refractivity contribution < 1.29 is 19.4 Å². The first-order valence-electron chi connectivity index (χ1n) is 6.48. The lowest BCUT2D eigenvalue weighted by Gasteiger charge is -2.32. The van der Waals surface area contributed by atoms with Gasteiger partial charge in [0.15, 0.2) is 6.04 Å². The third kappa shape index (κ3) is 2.82. The second kappa shape index (κ2) is 5.24. The lowest BCUT2D eigenvalue weighted by molar-refractivity contribution is -0.147. The zero-order valence-electron chi connectivity index (χ0n) is 11.8. The van der Waals surface area contributed by atoms with Crippen LogP contribution in [-0.2, 0) is 14.9 Å². The van der Waals surface area contributed by atoms with Crippen LogP contribution in [0.4, 0.5) is 0 Å². The van der Waals surface area contributed by atoms with Crippen molar-refractivity contribution in [1.29, 1.82) is 0 Å². The standard InChI is InChI=1S/C13H19N3O4/c1-13(2,3)10-6-8(14-15-10)11(17)16-4-5-20-7-9(16)12(18)19/h6,9H,4-5,7H2,1-3H3,(H,14,15)(H,18,19). The van der Waals surface area contributed by atoms with Gasteiger partial charge < -0.3 is 14.7 Å². The smallest absolute Gasteiger partial charge is 0.328 e. The van der Waals surface area contributed by atoms with Gasteiger partial charge >= 0.3 is 5.97 Å². The Hall–Kier alpha value is -1.89. The Morgan fingerprint density at radius 2 is 2.20 bits per heavy atom.